The molecule has 0 saturated carbocycles. The molecule has 0 fully saturated rings. The number of hydrogen-bond donors (Lipinski definition) is 0. The summed E-state index contributed by atoms with van der Waals surface area (Å²) in [7, 11) is 0. The minimum absolute atomic E-state index is 0.176. The number of ether oxygens (including phenoxy) is 1. The third kappa shape index (κ3) is 5.46. The molecule has 0 bridgehead atoms. The van der Waals surface area contributed by atoms with Gasteiger partial charge in [0.2, 0.25) is 0 Å². The molecule has 16 heteroatoms. The number of rotatable bonds is 11. The lowest BCUT2D eigenvalue weighted by molar-refractivity contribution is -0.414. The van der Waals surface area contributed by atoms with Gasteiger partial charge in [-0.15, -0.1) is 0 Å². The second kappa shape index (κ2) is 10.4. The zero-order valence-electron chi connectivity index (χ0n) is 18.4. The van der Waals surface area contributed by atoms with E-state index >= 15 is 0 Å². The maximum absolute atomic E-state index is 13.8. The van der Waals surface area contributed by atoms with Gasteiger partial charge in [0, 0.05) is 18.0 Å². The van der Waals surface area contributed by atoms with Crippen molar-refractivity contribution < 1.29 is 62.2 Å². The largest absolute Gasteiger partial charge is 0.455 e. The van der Waals surface area contributed by atoms with Gasteiger partial charge in [-0.3, -0.25) is 0 Å². The number of carbonyl (C=O) groups excluding carboxylic acids is 1. The number of esters is 1. The van der Waals surface area contributed by atoms with Crippen molar-refractivity contribution in [2.45, 2.75) is 55.8 Å². The smallest absolute Gasteiger partial charge is 0.384 e. The van der Waals surface area contributed by atoms with Crippen LogP contribution in [0.25, 0.3) is 11.4 Å². The Kier molecular flexibility index (Phi) is 8.44. The zero-order valence-corrected chi connectivity index (χ0v) is 18.4. The molecule has 1 aromatic carbocycles. The maximum Gasteiger partial charge on any atom is 0.384 e. The van der Waals surface area contributed by atoms with Gasteiger partial charge < -0.3 is 4.74 Å². The molecule has 0 aliphatic heterocycles. The molecule has 0 radical (unpaired) electrons. The van der Waals surface area contributed by atoms with Crippen LogP contribution >= 0.6 is 0 Å². The molecule has 206 valence electrons. The first-order valence-electron chi connectivity index (χ1n) is 10.1. The van der Waals surface area contributed by atoms with E-state index < -0.39 is 54.2 Å². The molecule has 0 aliphatic rings. The molecule has 0 spiro atoms. The standard InChI is InChI=1S/C21H16F12N2O2/c1-2-3-11-8-34-14(35-9-11)12-4-6-13(7-5-12)15(36)37-10-17(24,25)19(28,29)21(32,33)20(30,31)18(26,27)16(22)23/h4-9,16H,2-3,10H2,1H3. The van der Waals surface area contributed by atoms with E-state index in [0.29, 0.717) is 12.0 Å². The summed E-state index contributed by atoms with van der Waals surface area (Å²) in [5.74, 6) is -37.8. The van der Waals surface area contributed by atoms with E-state index in [9.17, 15) is 57.5 Å². The van der Waals surface area contributed by atoms with Crippen molar-refractivity contribution in [3.63, 3.8) is 0 Å². The quantitative estimate of drug-likeness (QED) is 0.229. The molecule has 0 aliphatic carbocycles. The molecule has 2 aromatic rings. The van der Waals surface area contributed by atoms with Crippen LogP contribution in [0.2, 0.25) is 0 Å². The number of benzene rings is 1. The lowest BCUT2D eigenvalue weighted by atomic mass is 9.94. The number of hydrogen-bond acceptors (Lipinski definition) is 4. The highest BCUT2D eigenvalue weighted by Gasteiger charge is 2.87. The van der Waals surface area contributed by atoms with Crippen LogP contribution in [0, 0.1) is 0 Å². The monoisotopic (exact) mass is 556 g/mol. The van der Waals surface area contributed by atoms with Crippen LogP contribution in [-0.4, -0.2) is 58.6 Å². The number of halogens is 12. The first kappa shape index (κ1) is 30.2. The van der Waals surface area contributed by atoms with Crippen molar-refractivity contribution in [3.05, 3.63) is 47.8 Å². The van der Waals surface area contributed by atoms with Gasteiger partial charge in [0.05, 0.1) is 5.56 Å². The molecule has 1 aromatic heterocycles. The Morgan fingerprint density at radius 2 is 1.35 bits per heavy atom. The molecule has 37 heavy (non-hydrogen) atoms. The fourth-order valence-electron chi connectivity index (χ4n) is 2.78. The van der Waals surface area contributed by atoms with Gasteiger partial charge in [0.1, 0.15) is 0 Å². The van der Waals surface area contributed by atoms with E-state index in [1.165, 1.54) is 24.5 Å². The molecule has 1 heterocycles. The van der Waals surface area contributed by atoms with E-state index in [1.54, 1.807) is 0 Å². The average Bonchev–Trinajstić information content (AvgIpc) is 2.82. The molecule has 2 rings (SSSR count). The average molecular weight is 556 g/mol. The van der Waals surface area contributed by atoms with Crippen molar-refractivity contribution in [1.29, 1.82) is 0 Å². The number of aromatic nitrogens is 2. The molecule has 0 unspecified atom stereocenters. The lowest BCUT2D eigenvalue weighted by Gasteiger charge is -2.38. The number of alkyl halides is 12. The summed E-state index contributed by atoms with van der Waals surface area (Å²) in [6, 6.07) is 4.20. The van der Waals surface area contributed by atoms with E-state index in [2.05, 4.69) is 14.7 Å². The van der Waals surface area contributed by atoms with E-state index in [0.717, 1.165) is 24.1 Å². The minimum Gasteiger partial charge on any atom is -0.455 e. The molecular weight excluding hydrogens is 540 g/mol. The van der Waals surface area contributed by atoms with Crippen LogP contribution in [0.15, 0.2) is 36.7 Å². The van der Waals surface area contributed by atoms with Crippen molar-refractivity contribution in [2.24, 2.45) is 0 Å². The summed E-state index contributed by atoms with van der Waals surface area (Å²) in [6.07, 6.45) is -1.03. The van der Waals surface area contributed by atoms with Gasteiger partial charge >= 0.3 is 42.0 Å². The Morgan fingerprint density at radius 3 is 1.81 bits per heavy atom. The Morgan fingerprint density at radius 1 is 0.838 bits per heavy atom. The first-order valence-corrected chi connectivity index (χ1v) is 10.1. The van der Waals surface area contributed by atoms with Crippen molar-refractivity contribution in [3.8, 4) is 11.4 Å². The SMILES string of the molecule is CCCc1cnc(-c2ccc(C(=O)OCC(F)(F)C(F)(F)C(F)(F)C(F)(F)C(F)(F)C(F)F)cc2)nc1. The van der Waals surface area contributed by atoms with Gasteiger partial charge in [0.15, 0.2) is 12.4 Å². The minimum atomic E-state index is -7.69. The summed E-state index contributed by atoms with van der Waals surface area (Å²) in [4.78, 5) is 20.0. The number of carbonyl (C=O) groups is 1. The van der Waals surface area contributed by atoms with Gasteiger partial charge in [-0.05, 0) is 24.1 Å². The Labute approximate surface area is 200 Å². The van der Waals surface area contributed by atoms with Crippen molar-refractivity contribution in [1.82, 2.24) is 9.97 Å². The highest BCUT2D eigenvalue weighted by molar-refractivity contribution is 5.90. The predicted octanol–water partition coefficient (Wildman–Crippen LogP) is 6.69. The fourth-order valence-corrected chi connectivity index (χ4v) is 2.78. The molecular formula is C21H16F12N2O2. The molecule has 0 amide bonds. The van der Waals surface area contributed by atoms with E-state index in [1.807, 2.05) is 6.92 Å². The van der Waals surface area contributed by atoms with Gasteiger partial charge in [0.25, 0.3) is 0 Å². The van der Waals surface area contributed by atoms with Gasteiger partial charge in [-0.25, -0.2) is 23.5 Å². The molecule has 0 N–H and O–H groups in total. The predicted molar refractivity (Wildman–Crippen MR) is 102 cm³/mol. The Hall–Kier alpha value is -3.07. The summed E-state index contributed by atoms with van der Waals surface area (Å²) < 4.78 is 162. The third-order valence-corrected chi connectivity index (χ3v) is 4.95. The number of aryl methyl sites for hydroxylation is 1. The first-order chi connectivity index (χ1) is 16.8. The summed E-state index contributed by atoms with van der Waals surface area (Å²) in [5, 5.41) is 0. The van der Waals surface area contributed by atoms with Crippen LogP contribution in [0.3, 0.4) is 0 Å². The highest BCUT2D eigenvalue weighted by atomic mass is 19.4. The number of nitrogens with zero attached hydrogens (tertiary/aromatic N) is 2. The lowest BCUT2D eigenvalue weighted by Crippen LogP contribution is -2.69. The van der Waals surface area contributed by atoms with E-state index in [4.69, 9.17) is 0 Å². The summed E-state index contributed by atoms with van der Waals surface area (Å²) >= 11 is 0. The fraction of sp³-hybridized carbons (Fsp3) is 0.476. The van der Waals surface area contributed by atoms with Crippen LogP contribution in [0.4, 0.5) is 52.7 Å². The zero-order chi connectivity index (χ0) is 28.4. The maximum atomic E-state index is 13.8. The normalized spacial score (nSPS) is 13.7. The van der Waals surface area contributed by atoms with Gasteiger partial charge in [-0.2, -0.15) is 43.9 Å². The van der Waals surface area contributed by atoms with E-state index in [-0.39, 0.29) is 5.82 Å². The highest BCUT2D eigenvalue weighted by Crippen LogP contribution is 2.58. The van der Waals surface area contributed by atoms with Gasteiger partial charge in [-0.1, -0.05) is 25.5 Å². The van der Waals surface area contributed by atoms with Crippen LogP contribution in [0.5, 0.6) is 0 Å². The molecule has 4 nitrogen and oxygen atoms in total. The second-order valence-electron chi connectivity index (χ2n) is 7.67. The molecule has 0 atom stereocenters. The van der Waals surface area contributed by atoms with Crippen LogP contribution in [-0.2, 0) is 11.2 Å². The van der Waals surface area contributed by atoms with Crippen molar-refractivity contribution >= 4 is 5.97 Å². The second-order valence-corrected chi connectivity index (χ2v) is 7.67. The topological polar surface area (TPSA) is 52.1 Å². The summed E-state index contributed by atoms with van der Waals surface area (Å²) in [5.41, 5.74) is 0.538. The van der Waals surface area contributed by atoms with Crippen LogP contribution in [0.1, 0.15) is 29.3 Å². The Bertz CT molecular complexity index is 1070. The molecule has 0 saturated heterocycles. The van der Waals surface area contributed by atoms with Crippen molar-refractivity contribution in [2.75, 3.05) is 6.61 Å². The summed E-state index contributed by atoms with van der Waals surface area (Å²) in [6.45, 7) is -1.05. The third-order valence-electron chi connectivity index (χ3n) is 4.95. The van der Waals surface area contributed by atoms with Crippen LogP contribution < -0.4 is 0 Å². The Balaban J connectivity index is 2.17.